The van der Waals surface area contributed by atoms with Crippen LogP contribution in [0.2, 0.25) is 0 Å². The molecule has 1 aromatic rings. The highest BCUT2D eigenvalue weighted by Gasteiger charge is 2.20. The molecule has 0 aliphatic heterocycles. The van der Waals surface area contributed by atoms with Gasteiger partial charge in [0.05, 0.1) is 5.56 Å². The second kappa shape index (κ2) is 5.21. The first-order valence-electron chi connectivity index (χ1n) is 4.61. The predicted octanol–water partition coefficient (Wildman–Crippen LogP) is -0.239. The maximum Gasteiger partial charge on any atom is 0.335 e. The van der Waals surface area contributed by atoms with Crippen molar-refractivity contribution in [1.82, 2.24) is 4.72 Å². The van der Waals surface area contributed by atoms with Crippen LogP contribution in [-0.4, -0.2) is 32.6 Å². The third-order valence-corrected chi connectivity index (χ3v) is 3.38. The number of halogens is 1. The zero-order valence-corrected chi connectivity index (χ0v) is 9.50. The lowest BCUT2D eigenvalue weighted by Gasteiger charge is -2.07. The van der Waals surface area contributed by atoms with Gasteiger partial charge in [-0.1, -0.05) is 0 Å². The van der Waals surface area contributed by atoms with Gasteiger partial charge in [-0.05, 0) is 18.2 Å². The average Bonchev–Trinajstić information content (AvgIpc) is 2.26. The van der Waals surface area contributed by atoms with Crippen LogP contribution in [-0.2, 0) is 10.0 Å². The Morgan fingerprint density at radius 2 is 2.12 bits per heavy atom. The van der Waals surface area contributed by atoms with E-state index in [1.807, 2.05) is 4.72 Å². The summed E-state index contributed by atoms with van der Waals surface area (Å²) in [6.07, 6.45) is 0. The molecule has 0 atom stereocenters. The minimum Gasteiger partial charge on any atom is -0.478 e. The molecule has 0 fully saturated rings. The van der Waals surface area contributed by atoms with Crippen molar-refractivity contribution in [3.05, 3.63) is 29.6 Å². The molecule has 0 bridgehead atoms. The number of benzene rings is 1. The third kappa shape index (κ3) is 3.22. The second-order valence-corrected chi connectivity index (χ2v) is 4.87. The SMILES string of the molecule is NCCNS(=O)(=O)c1cc(C(=O)O)ccc1F. The number of nitrogens with one attached hydrogen (secondary N) is 1. The number of carboxylic acids is 1. The summed E-state index contributed by atoms with van der Waals surface area (Å²) >= 11 is 0. The van der Waals surface area contributed by atoms with Gasteiger partial charge >= 0.3 is 5.97 Å². The highest BCUT2D eigenvalue weighted by molar-refractivity contribution is 7.89. The Labute approximate surface area is 97.3 Å². The third-order valence-electron chi connectivity index (χ3n) is 1.90. The van der Waals surface area contributed by atoms with Crippen molar-refractivity contribution in [2.75, 3.05) is 13.1 Å². The molecule has 8 heteroatoms. The number of carboxylic acid groups (broad SMARTS) is 1. The molecule has 0 amide bonds. The molecule has 0 saturated heterocycles. The quantitative estimate of drug-likeness (QED) is 0.678. The predicted molar refractivity (Wildman–Crippen MR) is 57.6 cm³/mol. The van der Waals surface area contributed by atoms with Gasteiger partial charge in [-0.25, -0.2) is 22.3 Å². The van der Waals surface area contributed by atoms with E-state index in [0.29, 0.717) is 0 Å². The number of carbonyl (C=O) groups is 1. The normalized spacial score (nSPS) is 11.4. The maximum atomic E-state index is 13.3. The fourth-order valence-electron chi connectivity index (χ4n) is 1.11. The molecular formula is C9H11FN2O4S. The Kier molecular flexibility index (Phi) is 4.16. The lowest BCUT2D eigenvalue weighted by Crippen LogP contribution is -2.30. The number of hydrogen-bond donors (Lipinski definition) is 3. The molecule has 1 rings (SSSR count). The molecule has 0 spiro atoms. The van der Waals surface area contributed by atoms with Crippen LogP contribution in [0.5, 0.6) is 0 Å². The zero-order valence-electron chi connectivity index (χ0n) is 8.68. The van der Waals surface area contributed by atoms with Crippen LogP contribution in [0.4, 0.5) is 4.39 Å². The van der Waals surface area contributed by atoms with E-state index in [9.17, 15) is 17.6 Å². The van der Waals surface area contributed by atoms with Gasteiger partial charge in [0.25, 0.3) is 0 Å². The molecular weight excluding hydrogens is 251 g/mol. The first-order valence-corrected chi connectivity index (χ1v) is 6.09. The van der Waals surface area contributed by atoms with Crippen molar-refractivity contribution in [3.8, 4) is 0 Å². The Morgan fingerprint density at radius 3 is 2.65 bits per heavy atom. The first-order chi connectivity index (χ1) is 7.88. The zero-order chi connectivity index (χ0) is 13.1. The lowest BCUT2D eigenvalue weighted by molar-refractivity contribution is 0.0696. The largest absolute Gasteiger partial charge is 0.478 e. The van der Waals surface area contributed by atoms with E-state index in [0.717, 1.165) is 18.2 Å². The lowest BCUT2D eigenvalue weighted by atomic mass is 10.2. The van der Waals surface area contributed by atoms with E-state index in [-0.39, 0.29) is 18.7 Å². The van der Waals surface area contributed by atoms with Crippen LogP contribution in [0, 0.1) is 5.82 Å². The van der Waals surface area contributed by atoms with Gasteiger partial charge in [0.15, 0.2) is 0 Å². The monoisotopic (exact) mass is 262 g/mol. The van der Waals surface area contributed by atoms with Crippen LogP contribution < -0.4 is 10.5 Å². The molecule has 6 nitrogen and oxygen atoms in total. The summed E-state index contributed by atoms with van der Waals surface area (Å²) in [5.41, 5.74) is 4.81. The Bertz CT molecular complexity index is 530. The van der Waals surface area contributed by atoms with E-state index in [1.165, 1.54) is 0 Å². The first kappa shape index (κ1) is 13.6. The van der Waals surface area contributed by atoms with Crippen molar-refractivity contribution in [2.24, 2.45) is 5.73 Å². The van der Waals surface area contributed by atoms with Crippen LogP contribution in [0.25, 0.3) is 0 Å². The Hall–Kier alpha value is -1.51. The maximum absolute atomic E-state index is 13.3. The molecule has 17 heavy (non-hydrogen) atoms. The number of hydrogen-bond acceptors (Lipinski definition) is 4. The van der Waals surface area contributed by atoms with Crippen LogP contribution in [0.3, 0.4) is 0 Å². The van der Waals surface area contributed by atoms with Gasteiger partial charge in [0, 0.05) is 13.1 Å². The average molecular weight is 262 g/mol. The fourth-order valence-corrected chi connectivity index (χ4v) is 2.26. The van der Waals surface area contributed by atoms with E-state index >= 15 is 0 Å². The van der Waals surface area contributed by atoms with Gasteiger partial charge in [-0.3, -0.25) is 0 Å². The summed E-state index contributed by atoms with van der Waals surface area (Å²) in [5.74, 6) is -2.35. The van der Waals surface area contributed by atoms with Gasteiger partial charge in [0.1, 0.15) is 10.7 Å². The number of rotatable bonds is 5. The smallest absolute Gasteiger partial charge is 0.335 e. The highest BCUT2D eigenvalue weighted by atomic mass is 32.2. The Morgan fingerprint density at radius 1 is 1.47 bits per heavy atom. The van der Waals surface area contributed by atoms with Crippen molar-refractivity contribution in [2.45, 2.75) is 4.90 Å². The number of nitrogens with two attached hydrogens (primary N) is 1. The molecule has 0 aliphatic rings. The van der Waals surface area contributed by atoms with E-state index in [4.69, 9.17) is 10.8 Å². The minimum absolute atomic E-state index is 0.0550. The summed E-state index contributed by atoms with van der Waals surface area (Å²) < 4.78 is 38.5. The van der Waals surface area contributed by atoms with Gasteiger partial charge < -0.3 is 10.8 Å². The molecule has 0 heterocycles. The number of aromatic carboxylic acids is 1. The van der Waals surface area contributed by atoms with E-state index in [2.05, 4.69) is 0 Å². The van der Waals surface area contributed by atoms with Gasteiger partial charge in [0.2, 0.25) is 10.0 Å². The summed E-state index contributed by atoms with van der Waals surface area (Å²) in [6.45, 7) is -0.00145. The molecule has 4 N–H and O–H groups in total. The van der Waals surface area contributed by atoms with Gasteiger partial charge in [-0.15, -0.1) is 0 Å². The van der Waals surface area contributed by atoms with Crippen molar-refractivity contribution in [1.29, 1.82) is 0 Å². The summed E-state index contributed by atoms with van der Waals surface area (Å²) in [7, 11) is -4.08. The molecule has 0 aromatic heterocycles. The molecule has 94 valence electrons. The van der Waals surface area contributed by atoms with E-state index < -0.39 is 26.7 Å². The van der Waals surface area contributed by atoms with Crippen molar-refractivity contribution in [3.63, 3.8) is 0 Å². The van der Waals surface area contributed by atoms with Crippen LogP contribution >= 0.6 is 0 Å². The highest BCUT2D eigenvalue weighted by Crippen LogP contribution is 2.16. The topological polar surface area (TPSA) is 109 Å². The molecule has 0 radical (unpaired) electrons. The molecule has 0 saturated carbocycles. The van der Waals surface area contributed by atoms with Crippen molar-refractivity contribution < 1.29 is 22.7 Å². The summed E-state index contributed by atoms with van der Waals surface area (Å²) in [5, 5.41) is 8.68. The Balaban J connectivity index is 3.20. The van der Waals surface area contributed by atoms with Crippen LogP contribution in [0.15, 0.2) is 23.1 Å². The second-order valence-electron chi connectivity index (χ2n) is 3.14. The minimum atomic E-state index is -4.08. The summed E-state index contributed by atoms with van der Waals surface area (Å²) in [6, 6.07) is 2.54. The molecule has 0 unspecified atom stereocenters. The standard InChI is InChI=1S/C9H11FN2O4S/c10-7-2-1-6(9(13)14)5-8(7)17(15,16)12-4-3-11/h1-2,5,12H,3-4,11H2,(H,13,14). The molecule has 0 aliphatic carbocycles. The summed E-state index contributed by atoms with van der Waals surface area (Å²) in [4.78, 5) is 9.94. The van der Waals surface area contributed by atoms with Gasteiger partial charge in [-0.2, -0.15) is 0 Å². The molecule has 1 aromatic carbocycles. The fraction of sp³-hybridized carbons (Fsp3) is 0.222. The van der Waals surface area contributed by atoms with Crippen molar-refractivity contribution >= 4 is 16.0 Å². The van der Waals surface area contributed by atoms with E-state index in [1.54, 1.807) is 0 Å². The number of sulfonamides is 1. The van der Waals surface area contributed by atoms with Crippen LogP contribution in [0.1, 0.15) is 10.4 Å².